The Kier molecular flexibility index (Phi) is 9.25. The Morgan fingerprint density at radius 2 is 1.29 bits per heavy atom. The summed E-state index contributed by atoms with van der Waals surface area (Å²) < 4.78 is 16.2. The molecule has 2 rings (SSSR count). The summed E-state index contributed by atoms with van der Waals surface area (Å²) in [4.78, 5) is 37.9. The van der Waals surface area contributed by atoms with Crippen LogP contribution in [0.1, 0.15) is 58.8 Å². The summed E-state index contributed by atoms with van der Waals surface area (Å²) in [5, 5.41) is 12.9. The van der Waals surface area contributed by atoms with Gasteiger partial charge in [-0.3, -0.25) is 5.21 Å². The predicted molar refractivity (Wildman–Crippen MR) is 129 cm³/mol. The highest BCUT2D eigenvalue weighted by atomic mass is 16.6. The highest BCUT2D eigenvalue weighted by Crippen LogP contribution is 2.26. The second kappa shape index (κ2) is 11.7. The van der Waals surface area contributed by atoms with Crippen molar-refractivity contribution in [2.45, 2.75) is 64.9 Å². The molecule has 0 spiro atoms. The van der Waals surface area contributed by atoms with E-state index in [1.165, 1.54) is 0 Å². The predicted octanol–water partition coefficient (Wildman–Crippen LogP) is 4.84. The van der Waals surface area contributed by atoms with Crippen LogP contribution in [0.15, 0.2) is 60.7 Å². The van der Waals surface area contributed by atoms with Crippen molar-refractivity contribution in [2.75, 3.05) is 6.54 Å². The van der Waals surface area contributed by atoms with Gasteiger partial charge < -0.3 is 19.5 Å². The molecule has 1 atom stereocenters. The minimum atomic E-state index is -1.45. The van der Waals surface area contributed by atoms with Crippen molar-refractivity contribution in [1.29, 1.82) is 0 Å². The zero-order valence-corrected chi connectivity index (χ0v) is 21.0. The molecular formula is C26H34N2O7. The molecule has 0 saturated carbocycles. The van der Waals surface area contributed by atoms with Gasteiger partial charge in [-0.25, -0.2) is 14.4 Å². The number of hydroxylamine groups is 2. The smallest absolute Gasteiger partial charge is 0.434 e. The van der Waals surface area contributed by atoms with Gasteiger partial charge in [0.25, 0.3) is 0 Å². The molecule has 0 radical (unpaired) electrons. The van der Waals surface area contributed by atoms with Gasteiger partial charge >= 0.3 is 18.2 Å². The lowest BCUT2D eigenvalue weighted by molar-refractivity contribution is -0.154. The Bertz CT molecular complexity index is 943. The third-order valence-corrected chi connectivity index (χ3v) is 4.37. The van der Waals surface area contributed by atoms with Crippen LogP contribution in [0.4, 0.5) is 9.59 Å². The number of amides is 2. The van der Waals surface area contributed by atoms with E-state index in [4.69, 9.17) is 14.2 Å². The van der Waals surface area contributed by atoms with E-state index >= 15 is 0 Å². The largest absolute Gasteiger partial charge is 0.451 e. The fourth-order valence-corrected chi connectivity index (χ4v) is 2.97. The Morgan fingerprint density at radius 3 is 1.71 bits per heavy atom. The Labute approximate surface area is 205 Å². The van der Waals surface area contributed by atoms with Crippen LogP contribution < -0.4 is 5.32 Å². The van der Waals surface area contributed by atoms with Crippen LogP contribution in [0.2, 0.25) is 0 Å². The second-order valence-electron chi connectivity index (χ2n) is 9.90. The number of esters is 1. The lowest BCUT2D eigenvalue weighted by Crippen LogP contribution is -2.51. The lowest BCUT2D eigenvalue weighted by atomic mass is 10.0. The molecule has 9 heteroatoms. The first-order chi connectivity index (χ1) is 16.2. The van der Waals surface area contributed by atoms with Crippen molar-refractivity contribution in [1.82, 2.24) is 10.4 Å². The molecular weight excluding hydrogens is 452 g/mol. The van der Waals surface area contributed by atoms with Crippen LogP contribution >= 0.6 is 0 Å². The summed E-state index contributed by atoms with van der Waals surface area (Å²) in [5.41, 5.74) is -0.301. The first-order valence-corrected chi connectivity index (χ1v) is 11.2. The van der Waals surface area contributed by atoms with Crippen LogP contribution in [-0.4, -0.2) is 52.2 Å². The van der Waals surface area contributed by atoms with E-state index in [2.05, 4.69) is 5.32 Å². The lowest BCUT2D eigenvalue weighted by Gasteiger charge is -2.28. The number of carbonyl (C=O) groups excluding carboxylic acids is 3. The third-order valence-electron chi connectivity index (χ3n) is 4.37. The van der Waals surface area contributed by atoms with Crippen molar-refractivity contribution in [3.05, 3.63) is 71.8 Å². The summed E-state index contributed by atoms with van der Waals surface area (Å²) in [6.45, 7) is 9.28. The zero-order chi connectivity index (χ0) is 26.2. The van der Waals surface area contributed by atoms with Gasteiger partial charge in [-0.1, -0.05) is 60.7 Å². The molecule has 0 fully saturated rings. The topological polar surface area (TPSA) is 114 Å². The van der Waals surface area contributed by atoms with Gasteiger partial charge in [-0.15, -0.1) is 0 Å². The van der Waals surface area contributed by atoms with Crippen LogP contribution in [0.3, 0.4) is 0 Å². The van der Waals surface area contributed by atoms with Gasteiger partial charge in [-0.2, -0.15) is 5.06 Å². The molecule has 0 aromatic heterocycles. The SMILES string of the molecule is CC(C)(C)OC(=O)N[C@@H](CN(O)C(=O)OC(C)(C)C)C(=O)OC(c1ccccc1)c1ccccc1. The molecule has 190 valence electrons. The Morgan fingerprint density at radius 1 is 0.829 bits per heavy atom. The summed E-state index contributed by atoms with van der Waals surface area (Å²) in [5.74, 6) is -0.879. The summed E-state index contributed by atoms with van der Waals surface area (Å²) in [6, 6.07) is 16.7. The highest BCUT2D eigenvalue weighted by molar-refractivity contribution is 5.82. The van der Waals surface area contributed by atoms with Gasteiger partial charge in [0.2, 0.25) is 0 Å². The average Bonchev–Trinajstić information content (AvgIpc) is 2.75. The average molecular weight is 487 g/mol. The van der Waals surface area contributed by atoms with Crippen molar-refractivity contribution in [3.8, 4) is 0 Å². The van der Waals surface area contributed by atoms with E-state index in [9.17, 15) is 19.6 Å². The molecule has 2 aromatic carbocycles. The van der Waals surface area contributed by atoms with Gasteiger partial charge in [0.15, 0.2) is 6.10 Å². The molecule has 0 aliphatic heterocycles. The molecule has 9 nitrogen and oxygen atoms in total. The van der Waals surface area contributed by atoms with Crippen LogP contribution in [0.25, 0.3) is 0 Å². The molecule has 0 unspecified atom stereocenters. The number of hydrogen-bond donors (Lipinski definition) is 2. The summed E-state index contributed by atoms with van der Waals surface area (Å²) >= 11 is 0. The minimum Gasteiger partial charge on any atom is -0.451 e. The van der Waals surface area contributed by atoms with Gasteiger partial charge in [0, 0.05) is 0 Å². The van der Waals surface area contributed by atoms with Crippen LogP contribution in [-0.2, 0) is 19.0 Å². The molecule has 0 bridgehead atoms. The molecule has 0 saturated heterocycles. The van der Waals surface area contributed by atoms with Gasteiger partial charge in [0.1, 0.15) is 17.2 Å². The van der Waals surface area contributed by atoms with Crippen molar-refractivity contribution < 1.29 is 33.8 Å². The molecule has 2 aromatic rings. The van der Waals surface area contributed by atoms with Crippen molar-refractivity contribution >= 4 is 18.2 Å². The van der Waals surface area contributed by atoms with E-state index in [1.54, 1.807) is 65.8 Å². The van der Waals surface area contributed by atoms with Crippen LogP contribution in [0, 0.1) is 0 Å². The van der Waals surface area contributed by atoms with Crippen LogP contribution in [0.5, 0.6) is 0 Å². The maximum absolute atomic E-state index is 13.3. The Balaban J connectivity index is 2.29. The molecule has 35 heavy (non-hydrogen) atoms. The maximum atomic E-state index is 13.3. The fourth-order valence-electron chi connectivity index (χ4n) is 2.97. The number of nitrogens with one attached hydrogen (secondary N) is 1. The minimum absolute atomic E-state index is 0.217. The Hall–Kier alpha value is -3.59. The first kappa shape index (κ1) is 27.7. The van der Waals surface area contributed by atoms with Crippen molar-refractivity contribution in [3.63, 3.8) is 0 Å². The number of carbonyl (C=O) groups is 3. The van der Waals surface area contributed by atoms with Gasteiger partial charge in [-0.05, 0) is 52.7 Å². The standard InChI is InChI=1S/C26H34N2O7/c1-25(2,3)34-23(30)27-20(17-28(32)24(31)35-26(4,5)6)22(29)33-21(18-13-9-7-10-14-18)19-15-11-8-12-16-19/h7-16,20-21,32H,17H2,1-6H3,(H,27,30)/t20-/m0/s1. The number of hydrogen-bond acceptors (Lipinski definition) is 7. The third kappa shape index (κ3) is 9.66. The maximum Gasteiger partial charge on any atom is 0.434 e. The number of nitrogens with zero attached hydrogens (tertiary/aromatic N) is 1. The second-order valence-corrected chi connectivity index (χ2v) is 9.90. The fraction of sp³-hybridized carbons (Fsp3) is 0.423. The number of ether oxygens (including phenoxy) is 3. The molecule has 2 N–H and O–H groups in total. The van der Waals surface area contributed by atoms with E-state index in [0.717, 1.165) is 0 Å². The van der Waals surface area contributed by atoms with E-state index in [0.29, 0.717) is 11.1 Å². The number of benzene rings is 2. The molecule has 0 heterocycles. The number of rotatable bonds is 7. The molecule has 2 amide bonds. The van der Waals surface area contributed by atoms with Crippen molar-refractivity contribution in [2.24, 2.45) is 0 Å². The highest BCUT2D eigenvalue weighted by Gasteiger charge is 2.33. The van der Waals surface area contributed by atoms with E-state index in [-0.39, 0.29) is 5.06 Å². The first-order valence-electron chi connectivity index (χ1n) is 11.2. The summed E-state index contributed by atoms with van der Waals surface area (Å²) in [6.07, 6.45) is -2.78. The van der Waals surface area contributed by atoms with Gasteiger partial charge in [0.05, 0.1) is 6.54 Å². The number of alkyl carbamates (subject to hydrolysis) is 1. The molecule has 0 aliphatic carbocycles. The quantitative estimate of drug-likeness (QED) is 0.249. The van der Waals surface area contributed by atoms with E-state index in [1.807, 2.05) is 36.4 Å². The molecule has 0 aliphatic rings. The van der Waals surface area contributed by atoms with E-state index < -0.39 is 48.0 Å². The zero-order valence-electron chi connectivity index (χ0n) is 21.0. The monoisotopic (exact) mass is 486 g/mol. The normalized spacial score (nSPS) is 12.5. The summed E-state index contributed by atoms with van der Waals surface area (Å²) in [7, 11) is 0.